The summed E-state index contributed by atoms with van der Waals surface area (Å²) in [5.74, 6) is 0. The zero-order valence-corrected chi connectivity index (χ0v) is 15.9. The minimum absolute atomic E-state index is 0.242. The number of nitrogens with one attached hydrogen (secondary N) is 1. The van der Waals surface area contributed by atoms with Gasteiger partial charge < -0.3 is 5.32 Å². The van der Waals surface area contributed by atoms with Gasteiger partial charge in [0.25, 0.3) is 0 Å². The van der Waals surface area contributed by atoms with E-state index in [1.54, 1.807) is 42.5 Å². The number of anilines is 2. The molecule has 2 aromatic rings. The van der Waals surface area contributed by atoms with Crippen LogP contribution >= 0.6 is 11.6 Å². The number of hydrogen-bond donors (Lipinski definition) is 1. The third-order valence-corrected chi connectivity index (χ3v) is 6.36. The van der Waals surface area contributed by atoms with Crippen molar-refractivity contribution in [2.75, 3.05) is 24.4 Å². The van der Waals surface area contributed by atoms with Crippen molar-refractivity contribution in [2.24, 2.45) is 0 Å². The van der Waals surface area contributed by atoms with Crippen molar-refractivity contribution in [1.29, 1.82) is 0 Å². The van der Waals surface area contributed by atoms with E-state index in [9.17, 15) is 8.42 Å². The molecule has 1 aliphatic rings. The highest BCUT2D eigenvalue weighted by Gasteiger charge is 2.38. The topological polar surface area (TPSA) is 57.0 Å². The number of halogens is 1. The van der Waals surface area contributed by atoms with E-state index in [4.69, 9.17) is 18.2 Å². The predicted molar refractivity (Wildman–Crippen MR) is 104 cm³/mol. The predicted octanol–water partition coefficient (Wildman–Crippen LogP) is 3.70. The third kappa shape index (κ3) is 3.41. The van der Waals surface area contributed by atoms with E-state index in [0.29, 0.717) is 41.6 Å². The zero-order chi connectivity index (χ0) is 18.7. The molecule has 0 spiro atoms. The van der Waals surface area contributed by atoms with E-state index in [1.165, 1.54) is 8.61 Å². The molecule has 2 aromatic carbocycles. The second-order valence-electron chi connectivity index (χ2n) is 5.94. The summed E-state index contributed by atoms with van der Waals surface area (Å²) in [4.78, 5) is 3.46. The molecule has 136 valence electrons. The minimum Gasteiger partial charge on any atom is -0.320 e. The molecule has 1 aliphatic heterocycles. The first-order valence-electron chi connectivity index (χ1n) is 8.19. The van der Waals surface area contributed by atoms with Crippen LogP contribution < -0.4 is 9.62 Å². The molecule has 6 nitrogen and oxygen atoms in total. The van der Waals surface area contributed by atoms with Crippen molar-refractivity contribution in [3.05, 3.63) is 64.5 Å². The van der Waals surface area contributed by atoms with Gasteiger partial charge in [0.05, 0.1) is 23.0 Å². The van der Waals surface area contributed by atoms with Crippen LogP contribution in [0.3, 0.4) is 0 Å². The van der Waals surface area contributed by atoms with Gasteiger partial charge in [-0.25, -0.2) is 9.15 Å². The van der Waals surface area contributed by atoms with Gasteiger partial charge in [0.1, 0.15) is 0 Å². The van der Waals surface area contributed by atoms with Crippen LogP contribution in [-0.2, 0) is 16.8 Å². The molecule has 0 fully saturated rings. The normalized spacial score (nSPS) is 16.1. The second-order valence-corrected chi connectivity index (χ2v) is 8.12. The number of benzene rings is 2. The summed E-state index contributed by atoms with van der Waals surface area (Å²) in [6, 6.07) is 11.9. The van der Waals surface area contributed by atoms with Crippen LogP contribution in [0.4, 0.5) is 17.1 Å². The quantitative estimate of drug-likeness (QED) is 0.625. The highest BCUT2D eigenvalue weighted by molar-refractivity contribution is 7.91. The van der Waals surface area contributed by atoms with Crippen LogP contribution in [0.1, 0.15) is 12.0 Å². The van der Waals surface area contributed by atoms with Gasteiger partial charge in [-0.1, -0.05) is 29.8 Å². The van der Waals surface area contributed by atoms with Gasteiger partial charge in [-0.2, -0.15) is 12.7 Å². The molecule has 0 unspecified atom stereocenters. The maximum absolute atomic E-state index is 13.3. The Morgan fingerprint density at radius 3 is 2.69 bits per heavy atom. The first kappa shape index (κ1) is 18.7. The van der Waals surface area contributed by atoms with E-state index < -0.39 is 10.2 Å². The van der Waals surface area contributed by atoms with E-state index in [2.05, 4.69) is 10.2 Å². The molecule has 0 amide bonds. The van der Waals surface area contributed by atoms with Gasteiger partial charge in [-0.3, -0.25) is 0 Å². The molecular formula is C18H19ClN4O2S. The van der Waals surface area contributed by atoms with E-state index >= 15 is 0 Å². The van der Waals surface area contributed by atoms with E-state index in [0.717, 1.165) is 5.56 Å². The number of fused-ring (bicyclic) bond motifs is 1. The lowest BCUT2D eigenvalue weighted by molar-refractivity contribution is 0.392. The summed E-state index contributed by atoms with van der Waals surface area (Å²) in [6.07, 6.45) is 0.684. The van der Waals surface area contributed by atoms with Crippen LogP contribution in [-0.4, -0.2) is 32.9 Å². The molecule has 8 heteroatoms. The lowest BCUT2D eigenvalue weighted by Gasteiger charge is -2.37. The summed E-state index contributed by atoms with van der Waals surface area (Å²) in [5.41, 5.74) is 2.22. The highest BCUT2D eigenvalue weighted by Crippen LogP contribution is 2.42. The zero-order valence-electron chi connectivity index (χ0n) is 14.3. The summed E-state index contributed by atoms with van der Waals surface area (Å²) >= 11 is 6.30. The molecule has 0 aromatic heterocycles. The first-order chi connectivity index (χ1) is 12.5. The van der Waals surface area contributed by atoms with Crippen LogP contribution in [0, 0.1) is 6.57 Å². The van der Waals surface area contributed by atoms with Crippen LogP contribution in [0.15, 0.2) is 42.5 Å². The average Bonchev–Trinajstić information content (AvgIpc) is 2.63. The van der Waals surface area contributed by atoms with Crippen LogP contribution in [0.25, 0.3) is 4.85 Å². The van der Waals surface area contributed by atoms with Crippen LogP contribution in [0.2, 0.25) is 5.02 Å². The smallest absolute Gasteiger partial charge is 0.308 e. The average molecular weight is 391 g/mol. The Morgan fingerprint density at radius 1 is 1.23 bits per heavy atom. The van der Waals surface area contributed by atoms with Crippen molar-refractivity contribution >= 4 is 38.9 Å². The molecule has 0 radical (unpaired) electrons. The summed E-state index contributed by atoms with van der Waals surface area (Å²) < 4.78 is 29.3. The number of rotatable bonds is 5. The SMILES string of the molecule is [C-]#[N+]c1ccc2c(c1)CN(CCCNC)S(=O)(=O)N2c1ccccc1Cl. The Balaban J connectivity index is 2.14. The van der Waals surface area contributed by atoms with Gasteiger partial charge >= 0.3 is 10.2 Å². The van der Waals surface area contributed by atoms with E-state index in [-0.39, 0.29) is 6.54 Å². The lowest BCUT2D eigenvalue weighted by atomic mass is 10.1. The molecule has 26 heavy (non-hydrogen) atoms. The second kappa shape index (κ2) is 7.64. The van der Waals surface area contributed by atoms with Crippen molar-refractivity contribution in [3.63, 3.8) is 0 Å². The van der Waals surface area contributed by atoms with Gasteiger partial charge in [-0.15, -0.1) is 0 Å². The molecule has 0 bridgehead atoms. The van der Waals surface area contributed by atoms with Gasteiger partial charge in [0.2, 0.25) is 0 Å². The fourth-order valence-electron chi connectivity index (χ4n) is 2.97. The number of hydrogen-bond acceptors (Lipinski definition) is 3. The molecule has 1 heterocycles. The third-order valence-electron chi connectivity index (χ3n) is 4.22. The van der Waals surface area contributed by atoms with Crippen molar-refractivity contribution in [3.8, 4) is 0 Å². The van der Waals surface area contributed by atoms with E-state index in [1.807, 2.05) is 7.05 Å². The van der Waals surface area contributed by atoms with Crippen LogP contribution in [0.5, 0.6) is 0 Å². The van der Waals surface area contributed by atoms with Gasteiger partial charge in [-0.05, 0) is 49.8 Å². The lowest BCUT2D eigenvalue weighted by Crippen LogP contribution is -2.46. The van der Waals surface area contributed by atoms with Crippen molar-refractivity contribution in [2.45, 2.75) is 13.0 Å². The Morgan fingerprint density at radius 2 is 2.00 bits per heavy atom. The Kier molecular flexibility index (Phi) is 5.49. The maximum atomic E-state index is 13.3. The molecule has 0 saturated carbocycles. The maximum Gasteiger partial charge on any atom is 0.308 e. The Bertz CT molecular complexity index is 956. The standard InChI is InChI=1S/C18H19ClN4O2S/c1-20-10-5-11-22-13-14-12-15(21-2)8-9-17(14)23(26(22,24)25)18-7-4-3-6-16(18)19/h3-4,6-9,12,20H,5,10-11,13H2,1H3. The molecular weight excluding hydrogens is 372 g/mol. The van der Waals surface area contributed by atoms with Crippen molar-refractivity contribution in [1.82, 2.24) is 9.62 Å². The number of para-hydroxylation sites is 1. The minimum atomic E-state index is -3.78. The Hall–Kier alpha value is -2.11. The largest absolute Gasteiger partial charge is 0.320 e. The highest BCUT2D eigenvalue weighted by atomic mass is 35.5. The summed E-state index contributed by atoms with van der Waals surface area (Å²) in [5, 5.41) is 3.38. The summed E-state index contributed by atoms with van der Waals surface area (Å²) in [7, 11) is -1.94. The van der Waals surface area contributed by atoms with Crippen molar-refractivity contribution < 1.29 is 8.42 Å². The fourth-order valence-corrected chi connectivity index (χ4v) is 4.97. The number of nitrogens with zero attached hydrogens (tertiary/aromatic N) is 3. The Labute approximate surface area is 159 Å². The summed E-state index contributed by atoms with van der Waals surface area (Å²) in [6.45, 7) is 8.56. The molecule has 0 atom stereocenters. The van der Waals surface area contributed by atoms with Gasteiger partial charge in [0, 0.05) is 13.1 Å². The molecule has 0 aliphatic carbocycles. The monoisotopic (exact) mass is 390 g/mol. The van der Waals surface area contributed by atoms with Gasteiger partial charge in [0.15, 0.2) is 5.69 Å². The first-order valence-corrected chi connectivity index (χ1v) is 9.96. The molecule has 1 N–H and O–H groups in total. The molecule has 0 saturated heterocycles. The fraction of sp³-hybridized carbons (Fsp3) is 0.278. The molecule has 3 rings (SSSR count).